The van der Waals surface area contributed by atoms with Crippen LogP contribution in [0.2, 0.25) is 0 Å². The highest BCUT2D eigenvalue weighted by molar-refractivity contribution is 7.99. The number of benzene rings is 5. The van der Waals surface area contributed by atoms with E-state index in [1.807, 2.05) is 108 Å². The molecule has 0 N–H and O–H groups in total. The summed E-state index contributed by atoms with van der Waals surface area (Å²) in [4.78, 5) is 16.7. The van der Waals surface area contributed by atoms with Crippen molar-refractivity contribution in [1.29, 1.82) is 0 Å². The number of nitrogens with zero attached hydrogens (tertiary/aromatic N) is 5. The van der Waals surface area contributed by atoms with Gasteiger partial charge in [-0.1, -0.05) is 60.7 Å². The van der Waals surface area contributed by atoms with E-state index in [9.17, 15) is 10.1 Å². The van der Waals surface area contributed by atoms with Crippen molar-refractivity contribution in [2.75, 3.05) is 0 Å². The SMILES string of the molecule is O=[N+]([O-])c1cc(C=Nc2ccc3c(c2)oc2ccccc23)ccc1Sc1nnc(COc2ccccc2)n1-c1ccccc1. The van der Waals surface area contributed by atoms with Gasteiger partial charge in [-0.3, -0.25) is 19.7 Å². The van der Waals surface area contributed by atoms with Gasteiger partial charge in [0.05, 0.1) is 15.5 Å². The molecule has 2 aromatic heterocycles. The summed E-state index contributed by atoms with van der Waals surface area (Å²) in [5.41, 5.74) is 3.57. The minimum atomic E-state index is -0.400. The van der Waals surface area contributed by atoms with Crippen molar-refractivity contribution in [2.24, 2.45) is 4.99 Å². The van der Waals surface area contributed by atoms with E-state index in [2.05, 4.69) is 15.2 Å². The van der Waals surface area contributed by atoms with Gasteiger partial charge >= 0.3 is 0 Å². The van der Waals surface area contributed by atoms with Crippen LogP contribution in [0.1, 0.15) is 11.4 Å². The van der Waals surface area contributed by atoms with Crippen molar-refractivity contribution in [3.8, 4) is 11.4 Å². The third-order valence-corrected chi connectivity index (χ3v) is 7.94. The predicted octanol–water partition coefficient (Wildman–Crippen LogP) is 8.56. The highest BCUT2D eigenvalue weighted by Crippen LogP contribution is 2.36. The highest BCUT2D eigenvalue weighted by Gasteiger charge is 2.21. The monoisotopic (exact) mass is 597 g/mol. The summed E-state index contributed by atoms with van der Waals surface area (Å²) in [5, 5.41) is 23.4. The van der Waals surface area contributed by atoms with Gasteiger partial charge in [0.1, 0.15) is 23.5 Å². The number of hydrogen-bond acceptors (Lipinski definition) is 8. The minimum absolute atomic E-state index is 0.0589. The molecule has 0 spiro atoms. The van der Waals surface area contributed by atoms with E-state index >= 15 is 0 Å². The number of fused-ring (bicyclic) bond motifs is 3. The van der Waals surface area contributed by atoms with Crippen LogP contribution in [-0.2, 0) is 6.61 Å². The summed E-state index contributed by atoms with van der Waals surface area (Å²) < 4.78 is 13.7. The summed E-state index contributed by atoms with van der Waals surface area (Å²) in [6, 6.07) is 37.6. The van der Waals surface area contributed by atoms with Gasteiger partial charge in [0.2, 0.25) is 5.16 Å². The Kier molecular flexibility index (Phi) is 7.31. The Labute approximate surface area is 255 Å². The number of nitro groups is 1. The molecule has 0 saturated carbocycles. The van der Waals surface area contributed by atoms with Gasteiger partial charge in [0.25, 0.3) is 5.69 Å². The van der Waals surface area contributed by atoms with E-state index in [0.717, 1.165) is 27.6 Å². The maximum Gasteiger partial charge on any atom is 0.283 e. The molecule has 9 nitrogen and oxygen atoms in total. The molecule has 214 valence electrons. The Morgan fingerprint density at radius 2 is 1.59 bits per heavy atom. The molecule has 0 bridgehead atoms. The van der Waals surface area contributed by atoms with E-state index in [-0.39, 0.29) is 12.3 Å². The molecule has 7 rings (SSSR count). The molecule has 0 saturated heterocycles. The summed E-state index contributed by atoms with van der Waals surface area (Å²) in [7, 11) is 0. The van der Waals surface area contributed by atoms with Crippen LogP contribution in [0.3, 0.4) is 0 Å². The van der Waals surface area contributed by atoms with Crippen molar-refractivity contribution in [2.45, 2.75) is 16.7 Å². The van der Waals surface area contributed by atoms with Crippen LogP contribution in [0, 0.1) is 10.1 Å². The standard InChI is InChI=1S/C34H23N5O4S/c40-39(41)29-19-23(21-35-24-16-17-28-27-13-7-8-14-30(27)43-31(28)20-24)15-18-32(29)44-34-37-36-33(22-42-26-11-5-2-6-12-26)38(34)25-9-3-1-4-10-25/h1-21H,22H2. The number of furan rings is 1. The maximum atomic E-state index is 12.2. The third kappa shape index (κ3) is 5.53. The van der Waals surface area contributed by atoms with Crippen molar-refractivity contribution in [1.82, 2.24) is 14.8 Å². The molecule has 2 heterocycles. The van der Waals surface area contributed by atoms with Crippen LogP contribution in [-0.4, -0.2) is 25.9 Å². The largest absolute Gasteiger partial charge is 0.486 e. The number of ether oxygens (including phenoxy) is 1. The first kappa shape index (κ1) is 27.1. The first-order valence-corrected chi connectivity index (χ1v) is 14.5. The van der Waals surface area contributed by atoms with Gasteiger partial charge in [0.15, 0.2) is 5.82 Å². The maximum absolute atomic E-state index is 12.2. The van der Waals surface area contributed by atoms with Crippen LogP contribution in [0.4, 0.5) is 11.4 Å². The zero-order valence-corrected chi connectivity index (χ0v) is 23.9. The Hall–Kier alpha value is -5.74. The number of hydrogen-bond donors (Lipinski definition) is 0. The lowest BCUT2D eigenvalue weighted by molar-refractivity contribution is -0.387. The lowest BCUT2D eigenvalue weighted by Gasteiger charge is -2.11. The number of aliphatic imine (C=N–C) groups is 1. The average Bonchev–Trinajstić information content (AvgIpc) is 3.64. The van der Waals surface area contributed by atoms with Crippen LogP contribution in [0.5, 0.6) is 5.75 Å². The second-order valence-corrected chi connectivity index (χ2v) is 10.8. The zero-order chi connectivity index (χ0) is 29.9. The van der Waals surface area contributed by atoms with Gasteiger partial charge in [-0.2, -0.15) is 0 Å². The van der Waals surface area contributed by atoms with Crippen molar-refractivity contribution >= 4 is 51.3 Å². The zero-order valence-electron chi connectivity index (χ0n) is 23.1. The van der Waals surface area contributed by atoms with Gasteiger partial charge in [0, 0.05) is 34.8 Å². The number of rotatable bonds is 9. The van der Waals surface area contributed by atoms with E-state index in [1.54, 1.807) is 18.3 Å². The van der Waals surface area contributed by atoms with Crippen LogP contribution in [0.25, 0.3) is 27.6 Å². The van der Waals surface area contributed by atoms with Crippen molar-refractivity contribution in [3.05, 3.63) is 143 Å². The molecule has 0 aliphatic rings. The molecule has 0 aliphatic heterocycles. The normalized spacial score (nSPS) is 11.5. The summed E-state index contributed by atoms with van der Waals surface area (Å²) in [6.07, 6.45) is 1.61. The van der Waals surface area contributed by atoms with Gasteiger partial charge < -0.3 is 9.15 Å². The van der Waals surface area contributed by atoms with E-state index in [4.69, 9.17) is 9.15 Å². The Balaban J connectivity index is 1.17. The topological polar surface area (TPSA) is 109 Å². The molecule has 0 fully saturated rings. The van der Waals surface area contributed by atoms with Gasteiger partial charge in [-0.05, 0) is 65.9 Å². The van der Waals surface area contributed by atoms with Crippen LogP contribution < -0.4 is 4.74 Å². The number of para-hydroxylation sites is 3. The fraction of sp³-hybridized carbons (Fsp3) is 0.0294. The fourth-order valence-corrected chi connectivity index (χ4v) is 5.80. The quantitative estimate of drug-likeness (QED) is 0.0932. The summed E-state index contributed by atoms with van der Waals surface area (Å²) in [5.74, 6) is 1.27. The van der Waals surface area contributed by atoms with Crippen molar-refractivity contribution < 1.29 is 14.1 Å². The molecule has 10 heteroatoms. The second-order valence-electron chi connectivity index (χ2n) is 9.79. The Morgan fingerprint density at radius 1 is 0.841 bits per heavy atom. The van der Waals surface area contributed by atoms with Crippen LogP contribution in [0.15, 0.2) is 141 Å². The molecular formula is C34H23N5O4S. The molecule has 0 unspecified atom stereocenters. The van der Waals surface area contributed by atoms with Gasteiger partial charge in [-0.15, -0.1) is 10.2 Å². The third-order valence-electron chi connectivity index (χ3n) is 6.93. The average molecular weight is 598 g/mol. The van der Waals surface area contributed by atoms with Crippen LogP contribution >= 0.6 is 11.8 Å². The Morgan fingerprint density at radius 3 is 2.41 bits per heavy atom. The summed E-state index contributed by atoms with van der Waals surface area (Å²) >= 11 is 1.17. The van der Waals surface area contributed by atoms with E-state index in [1.165, 1.54) is 17.8 Å². The van der Waals surface area contributed by atoms with E-state index < -0.39 is 4.92 Å². The van der Waals surface area contributed by atoms with E-state index in [0.29, 0.717) is 32.9 Å². The second kappa shape index (κ2) is 11.9. The molecule has 5 aromatic carbocycles. The predicted molar refractivity (Wildman–Crippen MR) is 170 cm³/mol. The summed E-state index contributed by atoms with van der Waals surface area (Å²) in [6.45, 7) is 0.170. The molecule has 0 aliphatic carbocycles. The molecule has 7 aromatic rings. The lowest BCUT2D eigenvalue weighted by atomic mass is 10.1. The lowest BCUT2D eigenvalue weighted by Crippen LogP contribution is -2.06. The first-order chi connectivity index (χ1) is 21.6. The molecular weight excluding hydrogens is 574 g/mol. The minimum Gasteiger partial charge on any atom is -0.486 e. The highest BCUT2D eigenvalue weighted by atomic mass is 32.2. The smallest absolute Gasteiger partial charge is 0.283 e. The van der Waals surface area contributed by atoms with Crippen molar-refractivity contribution in [3.63, 3.8) is 0 Å². The number of aromatic nitrogens is 3. The molecule has 0 amide bonds. The molecule has 0 atom stereocenters. The molecule has 44 heavy (non-hydrogen) atoms. The first-order valence-electron chi connectivity index (χ1n) is 13.7. The fourth-order valence-electron chi connectivity index (χ4n) is 4.85. The molecule has 0 radical (unpaired) electrons. The number of nitro benzene ring substituents is 1. The Bertz CT molecular complexity index is 2140. The van der Waals surface area contributed by atoms with Gasteiger partial charge in [-0.25, -0.2) is 0 Å².